The molecule has 11 nitrogen and oxygen atoms in total. The first kappa shape index (κ1) is 32.6. The van der Waals surface area contributed by atoms with Gasteiger partial charge in [-0.2, -0.15) is 4.98 Å². The Balaban J connectivity index is 1.24. The van der Waals surface area contributed by atoms with Gasteiger partial charge in [-0.3, -0.25) is 9.78 Å². The highest BCUT2D eigenvalue weighted by atomic mass is 32.2. The Labute approximate surface area is 293 Å². The normalized spacial score (nSPS) is 23.5. The van der Waals surface area contributed by atoms with Gasteiger partial charge in [-0.1, -0.05) is 38.1 Å². The third-order valence-corrected chi connectivity index (χ3v) is 12.5. The van der Waals surface area contributed by atoms with E-state index in [1.807, 2.05) is 36.9 Å². The van der Waals surface area contributed by atoms with Crippen molar-refractivity contribution in [2.75, 3.05) is 16.7 Å². The first-order valence-corrected chi connectivity index (χ1v) is 19.0. The highest BCUT2D eigenvalue weighted by Gasteiger charge is 2.54. The minimum absolute atomic E-state index is 0.0233. The maximum Gasteiger partial charge on any atom is 0.264 e. The van der Waals surface area contributed by atoms with Gasteiger partial charge < -0.3 is 14.5 Å². The van der Waals surface area contributed by atoms with E-state index in [2.05, 4.69) is 45.5 Å². The molecule has 260 valence electrons. The molecular weight excluding hydrogens is 651 g/mol. The lowest BCUT2D eigenvalue weighted by Crippen LogP contribution is -2.56. The van der Waals surface area contributed by atoms with Crippen LogP contribution in [0.5, 0.6) is 5.88 Å². The molecule has 8 rings (SSSR count). The Bertz CT molecular complexity index is 2070. The SMILES string of the molecule is Cc1cccc(C)c1-c1cc2nc(n1)NS(=O)(=O)c1cccc(c1)C(=O)N1C(c3cncc(N(C)C4CC5(CC5)C4)n3)CCC(O2)C1C(C)C. The van der Waals surface area contributed by atoms with Gasteiger partial charge in [-0.05, 0) is 93.0 Å². The van der Waals surface area contributed by atoms with E-state index in [4.69, 9.17) is 9.72 Å². The van der Waals surface area contributed by atoms with Crippen LogP contribution in [0.4, 0.5) is 11.8 Å². The number of carbonyl (C=O) groups is 1. The number of rotatable bonds is 5. The summed E-state index contributed by atoms with van der Waals surface area (Å²) in [6.45, 7) is 8.15. The first-order chi connectivity index (χ1) is 23.9. The van der Waals surface area contributed by atoms with Gasteiger partial charge in [-0.15, -0.1) is 0 Å². The van der Waals surface area contributed by atoms with Crippen LogP contribution in [0.3, 0.4) is 0 Å². The van der Waals surface area contributed by atoms with E-state index in [0.717, 1.165) is 22.5 Å². The number of fused-ring (bicyclic) bond motifs is 6. The molecule has 4 aliphatic rings. The fraction of sp³-hybridized carbons (Fsp3) is 0.447. The zero-order valence-electron chi connectivity index (χ0n) is 29.1. The molecule has 2 saturated carbocycles. The molecule has 1 spiro atoms. The maximum absolute atomic E-state index is 14.8. The Morgan fingerprint density at radius 2 is 1.72 bits per heavy atom. The molecule has 6 bridgehead atoms. The van der Waals surface area contributed by atoms with Crippen molar-refractivity contribution in [3.63, 3.8) is 0 Å². The monoisotopic (exact) mass is 693 g/mol. The second kappa shape index (κ2) is 12.0. The van der Waals surface area contributed by atoms with E-state index in [-0.39, 0.29) is 40.2 Å². The molecule has 2 aromatic carbocycles. The number of aromatic nitrogens is 4. The quantitative estimate of drug-likeness (QED) is 0.249. The molecule has 1 amide bonds. The number of benzene rings is 2. The van der Waals surface area contributed by atoms with Crippen molar-refractivity contribution < 1.29 is 17.9 Å². The second-order valence-corrected chi connectivity index (χ2v) is 16.7. The molecule has 4 aromatic rings. The Morgan fingerprint density at radius 3 is 2.44 bits per heavy atom. The molecule has 12 heteroatoms. The molecule has 4 heterocycles. The van der Waals surface area contributed by atoms with Crippen molar-refractivity contribution in [2.24, 2.45) is 11.3 Å². The molecule has 0 radical (unpaired) electrons. The number of sulfonamides is 1. The molecule has 50 heavy (non-hydrogen) atoms. The molecule has 1 saturated heterocycles. The summed E-state index contributed by atoms with van der Waals surface area (Å²) in [7, 11) is -2.09. The molecule has 2 aliphatic carbocycles. The van der Waals surface area contributed by atoms with Crippen LogP contribution in [0.2, 0.25) is 0 Å². The number of hydrogen-bond donors (Lipinski definition) is 1. The average Bonchev–Trinajstić information content (AvgIpc) is 3.88. The Hall–Kier alpha value is -4.58. The van der Waals surface area contributed by atoms with Crippen LogP contribution < -0.4 is 14.4 Å². The van der Waals surface area contributed by atoms with Crippen LogP contribution in [-0.2, 0) is 10.0 Å². The Kier molecular flexibility index (Phi) is 7.85. The fourth-order valence-corrected chi connectivity index (χ4v) is 9.30. The zero-order chi connectivity index (χ0) is 34.9. The van der Waals surface area contributed by atoms with E-state index in [0.29, 0.717) is 35.7 Å². The van der Waals surface area contributed by atoms with Crippen LogP contribution in [-0.4, -0.2) is 64.4 Å². The van der Waals surface area contributed by atoms with Crippen molar-refractivity contribution in [3.8, 4) is 17.1 Å². The summed E-state index contributed by atoms with van der Waals surface area (Å²) in [4.78, 5) is 37.8. The minimum atomic E-state index is -4.17. The lowest BCUT2D eigenvalue weighted by molar-refractivity contribution is -0.0214. The lowest BCUT2D eigenvalue weighted by Gasteiger charge is -2.47. The third kappa shape index (κ3) is 5.76. The summed E-state index contributed by atoms with van der Waals surface area (Å²) in [6, 6.07) is 13.5. The second-order valence-electron chi connectivity index (χ2n) is 15.0. The molecule has 3 atom stereocenters. The number of nitrogens with zero attached hydrogens (tertiary/aromatic N) is 6. The van der Waals surface area contributed by atoms with E-state index in [9.17, 15) is 13.2 Å². The average molecular weight is 694 g/mol. The van der Waals surface area contributed by atoms with Crippen LogP contribution in [0.15, 0.2) is 65.8 Å². The van der Waals surface area contributed by atoms with Gasteiger partial charge >= 0.3 is 0 Å². The summed E-state index contributed by atoms with van der Waals surface area (Å²) in [6.07, 6.45) is 9.33. The third-order valence-electron chi connectivity index (χ3n) is 11.2. The predicted molar refractivity (Wildman–Crippen MR) is 191 cm³/mol. The number of ether oxygens (including phenoxy) is 1. The van der Waals surface area contributed by atoms with Crippen molar-refractivity contribution in [3.05, 3.63) is 83.3 Å². The van der Waals surface area contributed by atoms with Gasteiger partial charge in [-0.25, -0.2) is 23.1 Å². The Morgan fingerprint density at radius 1 is 0.980 bits per heavy atom. The van der Waals surface area contributed by atoms with Crippen LogP contribution in [0.1, 0.15) is 85.6 Å². The summed E-state index contributed by atoms with van der Waals surface area (Å²) in [5.41, 5.74) is 4.93. The van der Waals surface area contributed by atoms with Crippen LogP contribution in [0, 0.1) is 25.2 Å². The predicted octanol–water partition coefficient (Wildman–Crippen LogP) is 6.49. The number of carbonyl (C=O) groups excluding carboxylic acids is 1. The largest absolute Gasteiger partial charge is 0.472 e. The molecule has 2 aromatic heterocycles. The standard InChI is InChI=1S/C38H43N7O4S/c1-22(2)35-31-13-12-30(29-20-39-21-32(40-29)44(5)26-18-38(19-26)14-15-38)45(35)36(46)25-10-7-11-27(16-25)50(47,48)43-37-41-28(17-33(42-37)49-31)34-23(3)8-6-9-24(34)4/h6-11,16-17,20-22,26,30-31,35H,12-15,18-19H2,1-5H3,(H,41,42,43). The summed E-state index contributed by atoms with van der Waals surface area (Å²) >= 11 is 0. The number of aryl methyl sites for hydroxylation is 2. The van der Waals surface area contributed by atoms with Gasteiger partial charge in [0.2, 0.25) is 11.8 Å². The smallest absolute Gasteiger partial charge is 0.264 e. The van der Waals surface area contributed by atoms with Gasteiger partial charge in [0.25, 0.3) is 15.9 Å². The van der Waals surface area contributed by atoms with Crippen molar-refractivity contribution >= 4 is 27.7 Å². The van der Waals surface area contributed by atoms with Gasteiger partial charge in [0, 0.05) is 30.3 Å². The summed E-state index contributed by atoms with van der Waals surface area (Å²) in [5, 5.41) is 0. The van der Waals surface area contributed by atoms with E-state index in [1.54, 1.807) is 30.6 Å². The maximum atomic E-state index is 14.8. The van der Waals surface area contributed by atoms with Crippen molar-refractivity contribution in [1.29, 1.82) is 0 Å². The summed E-state index contributed by atoms with van der Waals surface area (Å²) in [5.74, 6) is 0.623. The highest BCUT2D eigenvalue weighted by molar-refractivity contribution is 7.92. The van der Waals surface area contributed by atoms with Gasteiger partial charge in [0.05, 0.1) is 40.8 Å². The van der Waals surface area contributed by atoms with Gasteiger partial charge in [0.1, 0.15) is 11.9 Å². The van der Waals surface area contributed by atoms with E-state index < -0.39 is 22.2 Å². The van der Waals surface area contributed by atoms with Crippen LogP contribution in [0.25, 0.3) is 11.3 Å². The van der Waals surface area contributed by atoms with Crippen molar-refractivity contribution in [2.45, 2.75) is 95.3 Å². The van der Waals surface area contributed by atoms with Crippen molar-refractivity contribution in [1.82, 2.24) is 24.8 Å². The topological polar surface area (TPSA) is 131 Å². The van der Waals surface area contributed by atoms with E-state index >= 15 is 0 Å². The van der Waals surface area contributed by atoms with Gasteiger partial charge in [0.15, 0.2) is 0 Å². The van der Waals surface area contributed by atoms with E-state index in [1.165, 1.54) is 37.8 Å². The molecular formula is C38H43N7O4S. The molecule has 2 aliphatic heterocycles. The first-order valence-electron chi connectivity index (χ1n) is 17.5. The molecule has 3 unspecified atom stereocenters. The number of nitrogens with one attached hydrogen (secondary N) is 1. The zero-order valence-corrected chi connectivity index (χ0v) is 29.9. The van der Waals surface area contributed by atoms with Crippen LogP contribution >= 0.6 is 0 Å². The number of anilines is 2. The number of hydrogen-bond acceptors (Lipinski definition) is 9. The number of piperidine rings is 1. The molecule has 3 fully saturated rings. The minimum Gasteiger partial charge on any atom is -0.472 e. The lowest BCUT2D eigenvalue weighted by atomic mass is 9.76. The highest BCUT2D eigenvalue weighted by Crippen LogP contribution is 2.62. The summed E-state index contributed by atoms with van der Waals surface area (Å²) < 4.78 is 36.9. The fourth-order valence-electron chi connectivity index (χ4n) is 8.31. The molecule has 1 N–H and O–H groups in total. The number of amides is 1.